The highest BCUT2D eigenvalue weighted by Crippen LogP contribution is 2.28. The standard InChI is InChI=1S/C14H22BrNO2/c1-10(16)11-5-6-13(12(15)9-11)18-8-7-14(2,3)17-4/h5-6,9-10H,7-8,16H2,1-4H3/t10-/m1/s1. The van der Waals surface area contributed by atoms with E-state index < -0.39 is 0 Å². The lowest BCUT2D eigenvalue weighted by atomic mass is 10.1. The first-order valence-electron chi connectivity index (χ1n) is 6.09. The van der Waals surface area contributed by atoms with Gasteiger partial charge in [-0.15, -0.1) is 0 Å². The van der Waals surface area contributed by atoms with Crippen molar-refractivity contribution in [2.45, 2.75) is 38.8 Å². The van der Waals surface area contributed by atoms with Crippen molar-refractivity contribution < 1.29 is 9.47 Å². The van der Waals surface area contributed by atoms with Gasteiger partial charge in [-0.3, -0.25) is 0 Å². The smallest absolute Gasteiger partial charge is 0.133 e. The molecule has 102 valence electrons. The van der Waals surface area contributed by atoms with Gasteiger partial charge in [0.05, 0.1) is 16.7 Å². The molecule has 0 saturated heterocycles. The largest absolute Gasteiger partial charge is 0.492 e. The van der Waals surface area contributed by atoms with E-state index in [1.807, 2.05) is 39.0 Å². The average Bonchev–Trinajstić information content (AvgIpc) is 2.31. The summed E-state index contributed by atoms with van der Waals surface area (Å²) in [5.74, 6) is 0.839. The molecule has 3 nitrogen and oxygen atoms in total. The second-order valence-corrected chi connectivity index (χ2v) is 5.90. The number of hydrogen-bond donors (Lipinski definition) is 1. The molecule has 0 aliphatic heterocycles. The molecule has 0 spiro atoms. The normalized spacial score (nSPS) is 13.4. The number of methoxy groups -OCH3 is 1. The maximum atomic E-state index is 5.83. The number of benzene rings is 1. The van der Waals surface area contributed by atoms with Crippen LogP contribution in [0.5, 0.6) is 5.75 Å². The Morgan fingerprint density at radius 2 is 2.06 bits per heavy atom. The minimum Gasteiger partial charge on any atom is -0.492 e. The van der Waals surface area contributed by atoms with Crippen LogP contribution in [0.25, 0.3) is 0 Å². The van der Waals surface area contributed by atoms with E-state index in [9.17, 15) is 0 Å². The molecule has 1 rings (SSSR count). The third kappa shape index (κ3) is 4.59. The molecule has 2 N–H and O–H groups in total. The van der Waals surface area contributed by atoms with Crippen LogP contribution in [-0.2, 0) is 4.74 Å². The van der Waals surface area contributed by atoms with Gasteiger partial charge in [0.2, 0.25) is 0 Å². The first-order valence-corrected chi connectivity index (χ1v) is 6.88. The zero-order chi connectivity index (χ0) is 13.8. The van der Waals surface area contributed by atoms with Crippen LogP contribution in [-0.4, -0.2) is 19.3 Å². The molecular formula is C14H22BrNO2. The number of ether oxygens (including phenoxy) is 2. The molecule has 4 heteroatoms. The second-order valence-electron chi connectivity index (χ2n) is 5.04. The Bertz CT molecular complexity index is 391. The highest BCUT2D eigenvalue weighted by molar-refractivity contribution is 9.10. The van der Waals surface area contributed by atoms with Gasteiger partial charge in [0.25, 0.3) is 0 Å². The van der Waals surface area contributed by atoms with Crippen molar-refractivity contribution in [1.29, 1.82) is 0 Å². The Labute approximate surface area is 118 Å². The van der Waals surface area contributed by atoms with Gasteiger partial charge in [-0.2, -0.15) is 0 Å². The van der Waals surface area contributed by atoms with Crippen LogP contribution in [0.15, 0.2) is 22.7 Å². The van der Waals surface area contributed by atoms with Gasteiger partial charge in [-0.25, -0.2) is 0 Å². The molecule has 0 heterocycles. The van der Waals surface area contributed by atoms with Crippen molar-refractivity contribution in [3.05, 3.63) is 28.2 Å². The van der Waals surface area contributed by atoms with E-state index in [0.29, 0.717) is 6.61 Å². The lowest BCUT2D eigenvalue weighted by Crippen LogP contribution is -2.25. The lowest BCUT2D eigenvalue weighted by molar-refractivity contribution is 0.00539. The van der Waals surface area contributed by atoms with Gasteiger partial charge in [0, 0.05) is 19.6 Å². The van der Waals surface area contributed by atoms with E-state index in [0.717, 1.165) is 22.2 Å². The Kier molecular flexibility index (Phi) is 5.63. The fraction of sp³-hybridized carbons (Fsp3) is 0.571. The maximum absolute atomic E-state index is 5.83. The first-order chi connectivity index (χ1) is 8.35. The SMILES string of the molecule is COC(C)(C)CCOc1ccc([C@@H](C)N)cc1Br. The van der Waals surface area contributed by atoms with Gasteiger partial charge in [0.1, 0.15) is 5.75 Å². The van der Waals surface area contributed by atoms with Crippen molar-refractivity contribution in [1.82, 2.24) is 0 Å². The summed E-state index contributed by atoms with van der Waals surface area (Å²) in [5.41, 5.74) is 6.76. The third-order valence-corrected chi connectivity index (χ3v) is 3.62. The quantitative estimate of drug-likeness (QED) is 0.871. The molecule has 1 aromatic carbocycles. The van der Waals surface area contributed by atoms with Gasteiger partial charge in [-0.05, 0) is 54.4 Å². The summed E-state index contributed by atoms with van der Waals surface area (Å²) in [4.78, 5) is 0. The molecule has 0 aliphatic rings. The molecule has 0 fully saturated rings. The lowest BCUT2D eigenvalue weighted by Gasteiger charge is -2.22. The van der Waals surface area contributed by atoms with E-state index in [2.05, 4.69) is 15.9 Å². The summed E-state index contributed by atoms with van der Waals surface area (Å²) in [5, 5.41) is 0. The maximum Gasteiger partial charge on any atom is 0.133 e. The van der Waals surface area contributed by atoms with Gasteiger partial charge in [-0.1, -0.05) is 6.07 Å². The summed E-state index contributed by atoms with van der Waals surface area (Å²) in [6, 6.07) is 5.97. The Morgan fingerprint density at radius 1 is 1.39 bits per heavy atom. The van der Waals surface area contributed by atoms with Crippen molar-refractivity contribution in [2.24, 2.45) is 5.73 Å². The Balaban J connectivity index is 2.58. The molecular weight excluding hydrogens is 294 g/mol. The summed E-state index contributed by atoms with van der Waals surface area (Å²) in [7, 11) is 1.72. The van der Waals surface area contributed by atoms with Crippen molar-refractivity contribution in [2.75, 3.05) is 13.7 Å². The monoisotopic (exact) mass is 315 g/mol. The van der Waals surface area contributed by atoms with Crippen LogP contribution in [0.1, 0.15) is 38.8 Å². The van der Waals surface area contributed by atoms with Crippen molar-refractivity contribution in [3.8, 4) is 5.75 Å². The molecule has 0 bridgehead atoms. The predicted molar refractivity (Wildman–Crippen MR) is 77.9 cm³/mol. The van der Waals surface area contributed by atoms with E-state index in [1.54, 1.807) is 7.11 Å². The van der Waals surface area contributed by atoms with E-state index in [-0.39, 0.29) is 11.6 Å². The molecule has 0 radical (unpaired) electrons. The molecule has 1 aromatic rings. The van der Waals surface area contributed by atoms with E-state index in [1.165, 1.54) is 0 Å². The fourth-order valence-electron chi connectivity index (χ4n) is 1.43. The van der Waals surface area contributed by atoms with Crippen LogP contribution in [0.2, 0.25) is 0 Å². The zero-order valence-electron chi connectivity index (χ0n) is 11.5. The van der Waals surface area contributed by atoms with Crippen LogP contribution in [0.3, 0.4) is 0 Å². The minimum atomic E-state index is -0.155. The molecule has 0 aliphatic carbocycles. The summed E-state index contributed by atoms with van der Waals surface area (Å²) >= 11 is 3.50. The molecule has 1 atom stereocenters. The average molecular weight is 316 g/mol. The van der Waals surface area contributed by atoms with Gasteiger partial charge in [0.15, 0.2) is 0 Å². The fourth-order valence-corrected chi connectivity index (χ4v) is 1.94. The minimum absolute atomic E-state index is 0.0303. The molecule has 0 amide bonds. The predicted octanol–water partition coefficient (Wildman–Crippen LogP) is 3.66. The molecule has 18 heavy (non-hydrogen) atoms. The Hall–Kier alpha value is -0.580. The van der Waals surface area contributed by atoms with Crippen molar-refractivity contribution in [3.63, 3.8) is 0 Å². The first kappa shape index (κ1) is 15.5. The number of hydrogen-bond acceptors (Lipinski definition) is 3. The number of rotatable bonds is 6. The van der Waals surface area contributed by atoms with Crippen LogP contribution < -0.4 is 10.5 Å². The second kappa shape index (κ2) is 6.55. The Morgan fingerprint density at radius 3 is 2.56 bits per heavy atom. The highest BCUT2D eigenvalue weighted by Gasteiger charge is 2.16. The zero-order valence-corrected chi connectivity index (χ0v) is 13.1. The molecule has 0 saturated carbocycles. The van der Waals surface area contributed by atoms with Gasteiger partial charge < -0.3 is 15.2 Å². The molecule has 0 aromatic heterocycles. The van der Waals surface area contributed by atoms with Gasteiger partial charge >= 0.3 is 0 Å². The number of halogens is 1. The van der Waals surface area contributed by atoms with Crippen LogP contribution >= 0.6 is 15.9 Å². The van der Waals surface area contributed by atoms with E-state index >= 15 is 0 Å². The van der Waals surface area contributed by atoms with Crippen LogP contribution in [0, 0.1) is 0 Å². The summed E-state index contributed by atoms with van der Waals surface area (Å²) in [6.07, 6.45) is 0.838. The highest BCUT2D eigenvalue weighted by atomic mass is 79.9. The molecule has 0 unspecified atom stereocenters. The van der Waals surface area contributed by atoms with Crippen molar-refractivity contribution >= 4 is 15.9 Å². The summed E-state index contributed by atoms with van der Waals surface area (Å²) in [6.45, 7) is 6.68. The van der Waals surface area contributed by atoms with Crippen LogP contribution in [0.4, 0.5) is 0 Å². The topological polar surface area (TPSA) is 44.5 Å². The summed E-state index contributed by atoms with van der Waals surface area (Å²) < 4.78 is 12.0. The van der Waals surface area contributed by atoms with E-state index in [4.69, 9.17) is 15.2 Å². The third-order valence-electron chi connectivity index (χ3n) is 3.00. The number of nitrogens with two attached hydrogens (primary N) is 1.